The monoisotopic (exact) mass is 211 g/mol. The van der Waals surface area contributed by atoms with Gasteiger partial charge in [0.25, 0.3) is 0 Å². The Labute approximate surface area is 88.9 Å². The van der Waals surface area contributed by atoms with Crippen molar-refractivity contribution < 1.29 is 0 Å². The normalized spacial score (nSPS) is 18.1. The lowest BCUT2D eigenvalue weighted by atomic mass is 10.2. The van der Waals surface area contributed by atoms with Crippen molar-refractivity contribution in [3.63, 3.8) is 0 Å². The van der Waals surface area contributed by atoms with E-state index in [0.717, 1.165) is 22.5 Å². The molecule has 0 aromatic carbocycles. The molecule has 1 fully saturated rings. The fraction of sp³-hybridized carbons (Fsp3) is 0.800. The Hall–Kier alpha value is -0.640. The molecule has 1 aliphatic rings. The van der Waals surface area contributed by atoms with E-state index in [4.69, 9.17) is 0 Å². The summed E-state index contributed by atoms with van der Waals surface area (Å²) in [5, 5.41) is 13.7. The Morgan fingerprint density at radius 3 is 2.86 bits per heavy atom. The molecule has 1 aliphatic carbocycles. The highest BCUT2D eigenvalue weighted by atomic mass is 32.1. The summed E-state index contributed by atoms with van der Waals surface area (Å²) in [7, 11) is 0. The molecule has 0 saturated heterocycles. The maximum Gasteiger partial charge on any atom is 0.205 e. The van der Waals surface area contributed by atoms with Crippen LogP contribution in [-0.4, -0.2) is 16.2 Å². The van der Waals surface area contributed by atoms with Gasteiger partial charge in [0.15, 0.2) is 0 Å². The molecule has 4 heteroatoms. The number of aromatic nitrogens is 2. The maximum absolute atomic E-state index is 4.11. The number of hydrogen-bond acceptors (Lipinski definition) is 4. The molecule has 0 radical (unpaired) electrons. The van der Waals surface area contributed by atoms with Crippen LogP contribution in [0.2, 0.25) is 0 Å². The van der Waals surface area contributed by atoms with Gasteiger partial charge in [-0.1, -0.05) is 31.1 Å². The summed E-state index contributed by atoms with van der Waals surface area (Å²) in [5.41, 5.74) is 0. The summed E-state index contributed by atoms with van der Waals surface area (Å²) in [5.74, 6) is 0.969. The minimum atomic E-state index is 0.542. The SMILES string of the molecule is CCc1nnc(NC(C)CC2CC2)s1. The fourth-order valence-electron chi connectivity index (χ4n) is 1.58. The molecule has 1 aromatic rings. The lowest BCUT2D eigenvalue weighted by molar-refractivity contribution is 0.641. The zero-order valence-corrected chi connectivity index (χ0v) is 9.60. The van der Waals surface area contributed by atoms with E-state index in [1.807, 2.05) is 0 Å². The number of hydrogen-bond donors (Lipinski definition) is 1. The van der Waals surface area contributed by atoms with Crippen LogP contribution in [0.4, 0.5) is 5.13 Å². The second-order valence-corrected chi connectivity index (χ2v) is 5.14. The summed E-state index contributed by atoms with van der Waals surface area (Å²) >= 11 is 1.68. The largest absolute Gasteiger partial charge is 0.358 e. The molecule has 78 valence electrons. The molecular weight excluding hydrogens is 194 g/mol. The van der Waals surface area contributed by atoms with Crippen molar-refractivity contribution in [2.75, 3.05) is 5.32 Å². The van der Waals surface area contributed by atoms with Crippen molar-refractivity contribution in [3.05, 3.63) is 5.01 Å². The van der Waals surface area contributed by atoms with E-state index in [2.05, 4.69) is 29.4 Å². The highest BCUT2D eigenvalue weighted by molar-refractivity contribution is 7.15. The van der Waals surface area contributed by atoms with Crippen molar-refractivity contribution in [2.45, 2.75) is 45.6 Å². The minimum Gasteiger partial charge on any atom is -0.358 e. The van der Waals surface area contributed by atoms with Crippen molar-refractivity contribution in [1.29, 1.82) is 0 Å². The number of anilines is 1. The number of nitrogens with zero attached hydrogens (tertiary/aromatic N) is 2. The van der Waals surface area contributed by atoms with Gasteiger partial charge in [-0.3, -0.25) is 0 Å². The van der Waals surface area contributed by atoms with Gasteiger partial charge in [-0.15, -0.1) is 10.2 Å². The van der Waals surface area contributed by atoms with Gasteiger partial charge in [-0.2, -0.15) is 0 Å². The zero-order valence-electron chi connectivity index (χ0n) is 8.79. The predicted octanol–water partition coefficient (Wildman–Crippen LogP) is 2.70. The first-order valence-corrected chi connectivity index (χ1v) is 6.18. The molecule has 1 N–H and O–H groups in total. The average molecular weight is 211 g/mol. The van der Waals surface area contributed by atoms with Gasteiger partial charge in [0.1, 0.15) is 5.01 Å². The lowest BCUT2D eigenvalue weighted by Gasteiger charge is -2.10. The molecule has 3 nitrogen and oxygen atoms in total. The zero-order chi connectivity index (χ0) is 9.97. The Kier molecular flexibility index (Phi) is 3.01. The smallest absolute Gasteiger partial charge is 0.205 e. The maximum atomic E-state index is 4.11. The number of nitrogens with one attached hydrogen (secondary N) is 1. The topological polar surface area (TPSA) is 37.8 Å². The van der Waals surface area contributed by atoms with E-state index in [1.165, 1.54) is 19.3 Å². The summed E-state index contributed by atoms with van der Waals surface area (Å²) in [4.78, 5) is 0. The Bertz CT molecular complexity index is 293. The van der Waals surface area contributed by atoms with Crippen molar-refractivity contribution in [1.82, 2.24) is 10.2 Å². The van der Waals surface area contributed by atoms with Crippen LogP contribution in [0, 0.1) is 5.92 Å². The highest BCUT2D eigenvalue weighted by Crippen LogP contribution is 2.34. The van der Waals surface area contributed by atoms with Gasteiger partial charge in [0, 0.05) is 6.04 Å². The van der Waals surface area contributed by atoms with Crippen LogP contribution < -0.4 is 5.32 Å². The third-order valence-electron chi connectivity index (χ3n) is 2.52. The van der Waals surface area contributed by atoms with Gasteiger partial charge in [0.2, 0.25) is 5.13 Å². The van der Waals surface area contributed by atoms with Crippen LogP contribution in [0.15, 0.2) is 0 Å². The molecule has 1 heterocycles. The van der Waals surface area contributed by atoms with Gasteiger partial charge >= 0.3 is 0 Å². The van der Waals surface area contributed by atoms with E-state index >= 15 is 0 Å². The third kappa shape index (κ3) is 2.67. The third-order valence-corrected chi connectivity index (χ3v) is 3.52. The van der Waals surface area contributed by atoms with E-state index in [1.54, 1.807) is 11.3 Å². The van der Waals surface area contributed by atoms with Crippen LogP contribution >= 0.6 is 11.3 Å². The van der Waals surface area contributed by atoms with E-state index in [-0.39, 0.29) is 0 Å². The van der Waals surface area contributed by atoms with Crippen LogP contribution in [-0.2, 0) is 6.42 Å². The van der Waals surface area contributed by atoms with Gasteiger partial charge in [-0.05, 0) is 25.7 Å². The summed E-state index contributed by atoms with van der Waals surface area (Å²) < 4.78 is 0. The molecule has 0 spiro atoms. The molecule has 1 saturated carbocycles. The fourth-order valence-corrected chi connectivity index (χ4v) is 2.37. The van der Waals surface area contributed by atoms with E-state index in [9.17, 15) is 0 Å². The van der Waals surface area contributed by atoms with Crippen molar-refractivity contribution >= 4 is 16.5 Å². The van der Waals surface area contributed by atoms with Crippen LogP contribution in [0.3, 0.4) is 0 Å². The summed E-state index contributed by atoms with van der Waals surface area (Å²) in [6, 6.07) is 0.542. The molecule has 1 aromatic heterocycles. The second kappa shape index (κ2) is 4.26. The number of rotatable bonds is 5. The summed E-state index contributed by atoms with van der Waals surface area (Å²) in [6.07, 6.45) is 5.10. The molecule has 1 atom stereocenters. The first-order valence-electron chi connectivity index (χ1n) is 5.37. The predicted molar refractivity (Wildman–Crippen MR) is 59.7 cm³/mol. The molecular formula is C10H17N3S. The molecule has 2 rings (SSSR count). The molecule has 0 aliphatic heterocycles. The van der Waals surface area contributed by atoms with Crippen LogP contribution in [0.25, 0.3) is 0 Å². The van der Waals surface area contributed by atoms with Gasteiger partial charge < -0.3 is 5.32 Å². The first-order chi connectivity index (χ1) is 6.78. The first kappa shape index (κ1) is 9.90. The van der Waals surface area contributed by atoms with Crippen molar-refractivity contribution in [3.8, 4) is 0 Å². The highest BCUT2D eigenvalue weighted by Gasteiger charge is 2.23. The Balaban J connectivity index is 1.82. The Morgan fingerprint density at radius 2 is 2.29 bits per heavy atom. The van der Waals surface area contributed by atoms with Crippen LogP contribution in [0.1, 0.15) is 38.1 Å². The number of aryl methyl sites for hydroxylation is 1. The van der Waals surface area contributed by atoms with Gasteiger partial charge in [-0.25, -0.2) is 0 Å². The lowest BCUT2D eigenvalue weighted by Crippen LogP contribution is -2.15. The minimum absolute atomic E-state index is 0.542. The molecule has 1 unspecified atom stereocenters. The molecule has 0 amide bonds. The summed E-state index contributed by atoms with van der Waals surface area (Å²) in [6.45, 7) is 4.34. The molecule has 14 heavy (non-hydrogen) atoms. The second-order valence-electron chi connectivity index (χ2n) is 4.08. The quantitative estimate of drug-likeness (QED) is 0.813. The average Bonchev–Trinajstić information content (AvgIpc) is 2.83. The van der Waals surface area contributed by atoms with Crippen molar-refractivity contribution in [2.24, 2.45) is 5.92 Å². The Morgan fingerprint density at radius 1 is 1.50 bits per heavy atom. The molecule has 0 bridgehead atoms. The van der Waals surface area contributed by atoms with E-state index in [0.29, 0.717) is 6.04 Å². The van der Waals surface area contributed by atoms with E-state index < -0.39 is 0 Å². The van der Waals surface area contributed by atoms with Crippen LogP contribution in [0.5, 0.6) is 0 Å². The van der Waals surface area contributed by atoms with Gasteiger partial charge in [0.05, 0.1) is 0 Å². The standard InChI is InChI=1S/C10H17N3S/c1-3-9-12-13-10(14-9)11-7(2)6-8-4-5-8/h7-8H,3-6H2,1-2H3,(H,11,13).